The maximum atomic E-state index is 6.38. The second kappa shape index (κ2) is 5.62. The topological polar surface area (TPSA) is 47.7 Å². The van der Waals surface area contributed by atoms with E-state index in [2.05, 4.69) is 24.8 Å². The van der Waals surface area contributed by atoms with Crippen molar-refractivity contribution >= 4 is 0 Å². The van der Waals surface area contributed by atoms with Crippen LogP contribution in [0.15, 0.2) is 18.2 Å². The van der Waals surface area contributed by atoms with Gasteiger partial charge in [0, 0.05) is 18.6 Å². The van der Waals surface area contributed by atoms with Crippen molar-refractivity contribution in [2.45, 2.75) is 38.8 Å². The summed E-state index contributed by atoms with van der Waals surface area (Å²) in [6.07, 6.45) is 2.55. The number of likely N-dealkylation sites (tertiary alicyclic amines) is 1. The highest BCUT2D eigenvalue weighted by Crippen LogP contribution is 2.34. The lowest BCUT2D eigenvalue weighted by molar-refractivity contribution is 0.122. The molecule has 0 amide bonds. The van der Waals surface area contributed by atoms with Crippen molar-refractivity contribution < 1.29 is 9.47 Å². The summed E-state index contributed by atoms with van der Waals surface area (Å²) in [5, 5.41) is 0. The van der Waals surface area contributed by atoms with Gasteiger partial charge < -0.3 is 15.2 Å². The fourth-order valence-corrected chi connectivity index (χ4v) is 3.23. The second-order valence-electron chi connectivity index (χ2n) is 6.19. The van der Waals surface area contributed by atoms with E-state index in [4.69, 9.17) is 15.2 Å². The molecule has 0 aromatic heterocycles. The van der Waals surface area contributed by atoms with Gasteiger partial charge in [-0.3, -0.25) is 4.90 Å². The van der Waals surface area contributed by atoms with Gasteiger partial charge in [-0.05, 0) is 49.9 Å². The van der Waals surface area contributed by atoms with Crippen LogP contribution in [0.1, 0.15) is 38.3 Å². The van der Waals surface area contributed by atoms with Crippen LogP contribution in [0.3, 0.4) is 0 Å². The Hall–Kier alpha value is -1.26. The molecule has 1 aromatic rings. The van der Waals surface area contributed by atoms with Gasteiger partial charge in [-0.15, -0.1) is 0 Å². The zero-order valence-corrected chi connectivity index (χ0v) is 12.3. The van der Waals surface area contributed by atoms with E-state index in [1.54, 1.807) is 0 Å². The maximum absolute atomic E-state index is 6.38. The minimum Gasteiger partial charge on any atom is -0.454 e. The Morgan fingerprint density at radius 1 is 1.30 bits per heavy atom. The lowest BCUT2D eigenvalue weighted by atomic mass is 9.92. The molecule has 3 atom stereocenters. The minimum atomic E-state index is 0.0281. The first kappa shape index (κ1) is 13.7. The van der Waals surface area contributed by atoms with Crippen molar-refractivity contribution in [1.82, 2.24) is 4.90 Å². The molecule has 4 nitrogen and oxygen atoms in total. The summed E-state index contributed by atoms with van der Waals surface area (Å²) in [7, 11) is 0. The lowest BCUT2D eigenvalue weighted by Gasteiger charge is -2.37. The SMILES string of the molecule is CC1CCN(CC(N)c2ccc3c(c2)OCO3)C(C)C1. The third kappa shape index (κ3) is 2.76. The zero-order valence-electron chi connectivity index (χ0n) is 12.3. The molecule has 20 heavy (non-hydrogen) atoms. The summed E-state index contributed by atoms with van der Waals surface area (Å²) in [6.45, 7) is 7.02. The average Bonchev–Trinajstić information content (AvgIpc) is 2.89. The van der Waals surface area contributed by atoms with Crippen LogP contribution in [-0.2, 0) is 0 Å². The van der Waals surface area contributed by atoms with Crippen molar-refractivity contribution in [1.29, 1.82) is 0 Å². The maximum Gasteiger partial charge on any atom is 0.231 e. The van der Waals surface area contributed by atoms with E-state index in [1.807, 2.05) is 12.1 Å². The normalized spacial score (nSPS) is 27.6. The summed E-state index contributed by atoms with van der Waals surface area (Å²) in [4.78, 5) is 2.51. The van der Waals surface area contributed by atoms with E-state index in [0.29, 0.717) is 12.8 Å². The molecule has 2 aliphatic heterocycles. The summed E-state index contributed by atoms with van der Waals surface area (Å²) in [5.74, 6) is 2.47. The number of benzene rings is 1. The van der Waals surface area contributed by atoms with Crippen LogP contribution in [0.5, 0.6) is 11.5 Å². The Morgan fingerprint density at radius 3 is 2.90 bits per heavy atom. The molecule has 0 radical (unpaired) electrons. The number of ether oxygens (including phenoxy) is 2. The summed E-state index contributed by atoms with van der Waals surface area (Å²) < 4.78 is 10.8. The summed E-state index contributed by atoms with van der Waals surface area (Å²) in [5.41, 5.74) is 7.50. The van der Waals surface area contributed by atoms with E-state index in [-0.39, 0.29) is 6.04 Å². The largest absolute Gasteiger partial charge is 0.454 e. The molecule has 0 saturated carbocycles. The quantitative estimate of drug-likeness (QED) is 0.921. The highest BCUT2D eigenvalue weighted by molar-refractivity contribution is 5.45. The predicted octanol–water partition coefficient (Wildman–Crippen LogP) is 2.54. The van der Waals surface area contributed by atoms with Gasteiger partial charge in [0.25, 0.3) is 0 Å². The number of rotatable bonds is 3. The molecule has 2 aliphatic rings. The monoisotopic (exact) mass is 276 g/mol. The molecule has 1 saturated heterocycles. The van der Waals surface area contributed by atoms with Gasteiger partial charge in [0.2, 0.25) is 6.79 Å². The Kier molecular flexibility index (Phi) is 3.85. The molecule has 110 valence electrons. The number of hydrogen-bond acceptors (Lipinski definition) is 4. The number of nitrogens with two attached hydrogens (primary N) is 1. The van der Waals surface area contributed by atoms with Crippen LogP contribution in [0.2, 0.25) is 0 Å². The molecule has 3 unspecified atom stereocenters. The Labute approximate surface area is 120 Å². The fourth-order valence-electron chi connectivity index (χ4n) is 3.23. The third-order valence-electron chi connectivity index (χ3n) is 4.53. The highest BCUT2D eigenvalue weighted by atomic mass is 16.7. The Morgan fingerprint density at radius 2 is 2.10 bits per heavy atom. The van der Waals surface area contributed by atoms with Crippen molar-refractivity contribution in [2.24, 2.45) is 11.7 Å². The van der Waals surface area contributed by atoms with Crippen LogP contribution in [-0.4, -0.2) is 30.8 Å². The van der Waals surface area contributed by atoms with E-state index in [1.165, 1.54) is 12.8 Å². The van der Waals surface area contributed by atoms with Crippen LogP contribution in [0.4, 0.5) is 0 Å². The van der Waals surface area contributed by atoms with Crippen LogP contribution in [0, 0.1) is 5.92 Å². The van der Waals surface area contributed by atoms with Crippen molar-refractivity contribution in [3.05, 3.63) is 23.8 Å². The van der Waals surface area contributed by atoms with Crippen LogP contribution in [0.25, 0.3) is 0 Å². The standard InChI is InChI=1S/C16H24N2O2/c1-11-5-6-18(12(2)7-11)9-14(17)13-3-4-15-16(8-13)20-10-19-15/h3-4,8,11-12,14H,5-7,9-10,17H2,1-2H3. The van der Waals surface area contributed by atoms with E-state index < -0.39 is 0 Å². The molecule has 1 aromatic carbocycles. The van der Waals surface area contributed by atoms with Gasteiger partial charge >= 0.3 is 0 Å². The predicted molar refractivity (Wildman–Crippen MR) is 78.9 cm³/mol. The van der Waals surface area contributed by atoms with Crippen LogP contribution >= 0.6 is 0 Å². The van der Waals surface area contributed by atoms with Crippen molar-refractivity contribution in [3.63, 3.8) is 0 Å². The van der Waals surface area contributed by atoms with Crippen LogP contribution < -0.4 is 15.2 Å². The second-order valence-corrected chi connectivity index (χ2v) is 6.19. The van der Waals surface area contributed by atoms with E-state index in [9.17, 15) is 0 Å². The van der Waals surface area contributed by atoms with E-state index >= 15 is 0 Å². The van der Waals surface area contributed by atoms with Gasteiger partial charge in [0.05, 0.1) is 0 Å². The summed E-state index contributed by atoms with van der Waals surface area (Å²) >= 11 is 0. The third-order valence-corrected chi connectivity index (χ3v) is 4.53. The Balaban J connectivity index is 1.65. The average molecular weight is 276 g/mol. The van der Waals surface area contributed by atoms with Crippen molar-refractivity contribution in [3.8, 4) is 11.5 Å². The smallest absolute Gasteiger partial charge is 0.231 e. The minimum absolute atomic E-state index is 0.0281. The summed E-state index contributed by atoms with van der Waals surface area (Å²) in [6, 6.07) is 6.68. The fraction of sp³-hybridized carbons (Fsp3) is 0.625. The highest BCUT2D eigenvalue weighted by Gasteiger charge is 2.25. The van der Waals surface area contributed by atoms with Gasteiger partial charge in [-0.2, -0.15) is 0 Å². The molecule has 2 heterocycles. The number of fused-ring (bicyclic) bond motifs is 1. The van der Waals surface area contributed by atoms with Gasteiger partial charge in [-0.25, -0.2) is 0 Å². The number of piperidine rings is 1. The molecule has 0 aliphatic carbocycles. The zero-order chi connectivity index (χ0) is 14.1. The van der Waals surface area contributed by atoms with Gasteiger partial charge in [-0.1, -0.05) is 13.0 Å². The molecule has 3 rings (SSSR count). The van der Waals surface area contributed by atoms with Gasteiger partial charge in [0.1, 0.15) is 0 Å². The molecule has 4 heteroatoms. The molecule has 1 fully saturated rings. The molecule has 0 bridgehead atoms. The number of hydrogen-bond donors (Lipinski definition) is 1. The lowest BCUT2D eigenvalue weighted by Crippen LogP contribution is -2.43. The van der Waals surface area contributed by atoms with Crippen molar-refractivity contribution in [2.75, 3.05) is 19.9 Å². The molecule has 2 N–H and O–H groups in total. The molecule has 0 spiro atoms. The first-order chi connectivity index (χ1) is 9.63. The van der Waals surface area contributed by atoms with Gasteiger partial charge in [0.15, 0.2) is 11.5 Å². The molecular formula is C16H24N2O2. The Bertz CT molecular complexity index is 478. The molecular weight excluding hydrogens is 252 g/mol. The first-order valence-electron chi connectivity index (χ1n) is 7.52. The van der Waals surface area contributed by atoms with E-state index in [0.717, 1.165) is 36.1 Å². The first-order valence-corrected chi connectivity index (χ1v) is 7.52. The number of nitrogens with zero attached hydrogens (tertiary/aromatic N) is 1.